The van der Waals surface area contributed by atoms with Crippen LogP contribution in [0, 0.1) is 17.8 Å². The zero-order chi connectivity index (χ0) is 20.3. The molecule has 0 bridgehead atoms. The number of allylic oxidation sites excluding steroid dienone is 1. The zero-order valence-electron chi connectivity index (χ0n) is 16.4. The van der Waals surface area contributed by atoms with E-state index in [4.69, 9.17) is 10.4 Å². The summed E-state index contributed by atoms with van der Waals surface area (Å²) in [7, 11) is 0. The number of carbonyl (C=O) groups excluding carboxylic acids is 1. The fourth-order valence-corrected chi connectivity index (χ4v) is 2.58. The third-order valence-electron chi connectivity index (χ3n) is 4.21. The summed E-state index contributed by atoms with van der Waals surface area (Å²) < 4.78 is 0. The SMILES string of the molecule is C#N.CCCCC(CC)CO.O=CC=C(c1ccccc1)c1ccccc1. The number of nitrogens with zero attached hydrogens (tertiary/aromatic N) is 1. The first-order valence-electron chi connectivity index (χ1n) is 9.39. The second kappa shape index (κ2) is 16.8. The molecule has 1 N–H and O–H groups in total. The van der Waals surface area contributed by atoms with Gasteiger partial charge in [0.2, 0.25) is 0 Å². The van der Waals surface area contributed by atoms with Crippen LogP contribution < -0.4 is 0 Å². The maximum Gasteiger partial charge on any atom is 0.143 e. The lowest BCUT2D eigenvalue weighted by atomic mass is 9.98. The molecule has 0 radical (unpaired) electrons. The van der Waals surface area contributed by atoms with Crippen LogP contribution in [0.15, 0.2) is 66.7 Å². The van der Waals surface area contributed by atoms with Crippen molar-refractivity contribution in [3.63, 3.8) is 0 Å². The smallest absolute Gasteiger partial charge is 0.143 e. The van der Waals surface area contributed by atoms with Gasteiger partial charge in [-0.25, -0.2) is 5.26 Å². The molecular formula is C24H31NO2. The predicted octanol–water partition coefficient (Wildman–Crippen LogP) is 5.65. The third-order valence-corrected chi connectivity index (χ3v) is 4.21. The van der Waals surface area contributed by atoms with Gasteiger partial charge in [0.1, 0.15) is 6.29 Å². The Hall–Kier alpha value is -2.70. The van der Waals surface area contributed by atoms with Gasteiger partial charge in [-0.3, -0.25) is 4.79 Å². The first kappa shape index (κ1) is 24.3. The van der Waals surface area contributed by atoms with Gasteiger partial charge in [-0.2, -0.15) is 0 Å². The summed E-state index contributed by atoms with van der Waals surface area (Å²) in [6, 6.07) is 19.8. The van der Waals surface area contributed by atoms with Gasteiger partial charge in [0.05, 0.1) is 0 Å². The largest absolute Gasteiger partial charge is 0.396 e. The molecule has 0 saturated heterocycles. The standard InChI is InChI=1S/C15H12O.C8H18O.CHN/c16-12-11-15(13-7-3-1-4-8-13)14-9-5-2-6-10-14;1-3-5-6-8(4-2)7-9;1-2/h1-12H;8-9H,3-7H2,1-2H3;1H. The van der Waals surface area contributed by atoms with Crippen LogP contribution in [0.4, 0.5) is 0 Å². The Balaban J connectivity index is 0.000000528. The second-order valence-corrected chi connectivity index (χ2v) is 6.05. The molecule has 3 heteroatoms. The van der Waals surface area contributed by atoms with Gasteiger partial charge < -0.3 is 5.11 Å². The topological polar surface area (TPSA) is 61.1 Å². The molecule has 2 aromatic carbocycles. The molecule has 0 amide bonds. The van der Waals surface area contributed by atoms with Gasteiger partial charge in [0.25, 0.3) is 0 Å². The quantitative estimate of drug-likeness (QED) is 0.485. The number of hydrogen-bond acceptors (Lipinski definition) is 3. The average Bonchev–Trinajstić information content (AvgIpc) is 2.76. The Morgan fingerprint density at radius 1 is 1.00 bits per heavy atom. The summed E-state index contributed by atoms with van der Waals surface area (Å²) >= 11 is 0. The second-order valence-electron chi connectivity index (χ2n) is 6.05. The van der Waals surface area contributed by atoms with Crippen molar-refractivity contribution in [3.8, 4) is 6.57 Å². The molecule has 0 heterocycles. The number of carbonyl (C=O) groups is 1. The van der Waals surface area contributed by atoms with Gasteiger partial charge in [-0.1, -0.05) is 93.8 Å². The van der Waals surface area contributed by atoms with Crippen LogP contribution >= 0.6 is 0 Å². The molecule has 0 saturated carbocycles. The van der Waals surface area contributed by atoms with Crippen LogP contribution in [0.1, 0.15) is 50.7 Å². The van der Waals surface area contributed by atoms with Crippen molar-refractivity contribution >= 4 is 11.9 Å². The monoisotopic (exact) mass is 365 g/mol. The summed E-state index contributed by atoms with van der Waals surface area (Å²) in [5, 5.41) is 15.3. The Morgan fingerprint density at radius 3 is 1.81 bits per heavy atom. The summed E-state index contributed by atoms with van der Waals surface area (Å²) in [5.41, 5.74) is 3.07. The van der Waals surface area contributed by atoms with Crippen molar-refractivity contribution in [2.75, 3.05) is 6.61 Å². The minimum Gasteiger partial charge on any atom is -0.396 e. The maximum atomic E-state index is 10.7. The van der Waals surface area contributed by atoms with Crippen LogP contribution in [0.3, 0.4) is 0 Å². The molecule has 2 aromatic rings. The third kappa shape index (κ3) is 10.1. The summed E-state index contributed by atoms with van der Waals surface area (Å²) in [5.74, 6) is 0.560. The van der Waals surface area contributed by atoms with Crippen LogP contribution in [0.2, 0.25) is 0 Å². The Labute approximate surface area is 164 Å². The van der Waals surface area contributed by atoms with E-state index in [1.165, 1.54) is 19.3 Å². The number of unbranched alkanes of at least 4 members (excludes halogenated alkanes) is 1. The van der Waals surface area contributed by atoms with Crippen molar-refractivity contribution in [2.24, 2.45) is 5.92 Å². The lowest BCUT2D eigenvalue weighted by molar-refractivity contribution is -0.104. The van der Waals surface area contributed by atoms with Crippen LogP contribution in [-0.4, -0.2) is 18.0 Å². The highest BCUT2D eigenvalue weighted by Crippen LogP contribution is 2.22. The molecule has 0 fully saturated rings. The van der Waals surface area contributed by atoms with Gasteiger partial charge in [0, 0.05) is 13.2 Å². The van der Waals surface area contributed by atoms with Gasteiger partial charge in [-0.15, -0.1) is 0 Å². The number of aliphatic hydroxyl groups excluding tert-OH is 1. The van der Waals surface area contributed by atoms with Crippen LogP contribution in [0.25, 0.3) is 5.57 Å². The first-order valence-corrected chi connectivity index (χ1v) is 9.39. The zero-order valence-corrected chi connectivity index (χ0v) is 16.4. The molecule has 144 valence electrons. The fourth-order valence-electron chi connectivity index (χ4n) is 2.58. The number of nitriles is 1. The predicted molar refractivity (Wildman–Crippen MR) is 113 cm³/mol. The molecule has 2 rings (SSSR count). The highest BCUT2D eigenvalue weighted by Gasteiger charge is 2.03. The van der Waals surface area contributed by atoms with Crippen LogP contribution in [0.5, 0.6) is 0 Å². The molecule has 27 heavy (non-hydrogen) atoms. The minimum absolute atomic E-state index is 0.372. The molecule has 1 atom stereocenters. The first-order chi connectivity index (χ1) is 13.3. The van der Waals surface area contributed by atoms with Gasteiger partial charge in [0.15, 0.2) is 0 Å². The molecule has 0 aliphatic carbocycles. The Morgan fingerprint density at radius 2 is 1.48 bits per heavy atom. The number of benzene rings is 2. The molecule has 0 spiro atoms. The number of aliphatic hydroxyl groups is 1. The van der Waals surface area contributed by atoms with Gasteiger partial charge >= 0.3 is 0 Å². The van der Waals surface area contributed by atoms with E-state index < -0.39 is 0 Å². The molecular weight excluding hydrogens is 334 g/mol. The Bertz CT molecular complexity index is 602. The van der Waals surface area contributed by atoms with E-state index in [1.54, 1.807) is 6.08 Å². The number of aldehydes is 1. The number of hydrogen-bond donors (Lipinski definition) is 1. The highest BCUT2D eigenvalue weighted by atomic mass is 16.3. The van der Waals surface area contributed by atoms with E-state index in [2.05, 4.69) is 20.4 Å². The molecule has 1 unspecified atom stereocenters. The summed E-state index contributed by atoms with van der Waals surface area (Å²) in [6.45, 7) is 8.19. The lowest BCUT2D eigenvalue weighted by Crippen LogP contribution is -2.03. The highest BCUT2D eigenvalue weighted by molar-refractivity contribution is 5.89. The number of rotatable bonds is 8. The van der Waals surface area contributed by atoms with E-state index in [0.717, 1.165) is 29.4 Å². The van der Waals surface area contributed by atoms with Crippen molar-refractivity contribution < 1.29 is 9.90 Å². The van der Waals surface area contributed by atoms with Gasteiger partial charge in [-0.05, 0) is 35.1 Å². The van der Waals surface area contributed by atoms with Crippen molar-refractivity contribution in [1.29, 1.82) is 5.26 Å². The molecule has 3 nitrogen and oxygen atoms in total. The average molecular weight is 366 g/mol. The molecule has 0 aliphatic heterocycles. The van der Waals surface area contributed by atoms with E-state index >= 15 is 0 Å². The Kier molecular flexibility index (Phi) is 15.1. The summed E-state index contributed by atoms with van der Waals surface area (Å²) in [4.78, 5) is 10.7. The van der Waals surface area contributed by atoms with Crippen molar-refractivity contribution in [2.45, 2.75) is 39.5 Å². The van der Waals surface area contributed by atoms with Crippen molar-refractivity contribution in [1.82, 2.24) is 0 Å². The minimum atomic E-state index is 0.372. The lowest BCUT2D eigenvalue weighted by Gasteiger charge is -2.08. The normalized spacial score (nSPS) is 10.3. The van der Waals surface area contributed by atoms with E-state index in [-0.39, 0.29) is 0 Å². The van der Waals surface area contributed by atoms with Crippen LogP contribution in [-0.2, 0) is 4.79 Å². The van der Waals surface area contributed by atoms with Crippen molar-refractivity contribution in [3.05, 3.63) is 77.9 Å². The van der Waals surface area contributed by atoms with E-state index in [1.807, 2.05) is 60.7 Å². The maximum absolute atomic E-state index is 10.7. The van der Waals surface area contributed by atoms with E-state index in [9.17, 15) is 4.79 Å². The van der Waals surface area contributed by atoms with E-state index in [0.29, 0.717) is 12.5 Å². The molecule has 0 aliphatic rings. The fraction of sp³-hybridized carbons (Fsp3) is 0.333. The summed E-state index contributed by atoms with van der Waals surface area (Å²) in [6.07, 6.45) is 7.26. The molecule has 0 aromatic heterocycles.